The van der Waals surface area contributed by atoms with Crippen molar-refractivity contribution in [2.24, 2.45) is 0 Å². The monoisotopic (exact) mass is 262 g/mol. The maximum absolute atomic E-state index is 12.4. The largest absolute Gasteiger partial charge is 0.493 e. The number of nitriles is 1. The van der Waals surface area contributed by atoms with Crippen LogP contribution in [0.1, 0.15) is 23.7 Å². The first-order chi connectivity index (χ1) is 9.19. The van der Waals surface area contributed by atoms with E-state index in [2.05, 4.69) is 0 Å². The van der Waals surface area contributed by atoms with Crippen molar-refractivity contribution < 1.29 is 14.3 Å². The van der Waals surface area contributed by atoms with Crippen LogP contribution in [0.4, 0.5) is 0 Å². The van der Waals surface area contributed by atoms with Gasteiger partial charge in [0.2, 0.25) is 0 Å². The molecule has 5 heteroatoms. The molecule has 0 saturated heterocycles. The van der Waals surface area contributed by atoms with Crippen molar-refractivity contribution in [3.05, 3.63) is 23.8 Å². The number of carbonyl (C=O) groups excluding carboxylic acids is 1. The number of benzene rings is 1. The van der Waals surface area contributed by atoms with Gasteiger partial charge in [-0.1, -0.05) is 6.07 Å². The molecule has 0 aromatic heterocycles. The maximum Gasteiger partial charge on any atom is 0.257 e. The maximum atomic E-state index is 12.4. The molecule has 1 aromatic rings. The minimum absolute atomic E-state index is 0.159. The van der Waals surface area contributed by atoms with E-state index in [1.807, 2.05) is 13.0 Å². The molecule has 0 saturated carbocycles. The fourth-order valence-corrected chi connectivity index (χ4v) is 1.81. The van der Waals surface area contributed by atoms with Gasteiger partial charge in [-0.3, -0.25) is 4.79 Å². The first-order valence-electron chi connectivity index (χ1n) is 6.06. The van der Waals surface area contributed by atoms with Crippen LogP contribution < -0.4 is 9.47 Å². The van der Waals surface area contributed by atoms with Gasteiger partial charge in [0.15, 0.2) is 11.5 Å². The smallest absolute Gasteiger partial charge is 0.257 e. The van der Waals surface area contributed by atoms with Gasteiger partial charge in [-0.05, 0) is 19.1 Å². The Morgan fingerprint density at radius 3 is 2.63 bits per heavy atom. The van der Waals surface area contributed by atoms with E-state index in [9.17, 15) is 4.79 Å². The molecule has 19 heavy (non-hydrogen) atoms. The molecule has 1 aromatic carbocycles. The average Bonchev–Trinajstić information content (AvgIpc) is 2.46. The third-order valence-corrected chi connectivity index (χ3v) is 2.80. The first-order valence-corrected chi connectivity index (χ1v) is 6.06. The SMILES string of the molecule is CCN(CCC#N)C(=O)c1cccc(OC)c1OC. The summed E-state index contributed by atoms with van der Waals surface area (Å²) >= 11 is 0. The van der Waals surface area contributed by atoms with Crippen LogP contribution in [0.25, 0.3) is 0 Å². The molecule has 0 N–H and O–H groups in total. The van der Waals surface area contributed by atoms with Crippen molar-refractivity contribution in [3.8, 4) is 17.6 Å². The Balaban J connectivity index is 3.07. The zero-order valence-electron chi connectivity index (χ0n) is 11.5. The zero-order chi connectivity index (χ0) is 14.3. The third kappa shape index (κ3) is 3.38. The van der Waals surface area contributed by atoms with Gasteiger partial charge in [0.1, 0.15) is 0 Å². The Bertz CT molecular complexity index is 480. The molecule has 0 atom stereocenters. The van der Waals surface area contributed by atoms with E-state index in [1.165, 1.54) is 14.2 Å². The highest BCUT2D eigenvalue weighted by molar-refractivity contribution is 5.97. The zero-order valence-corrected chi connectivity index (χ0v) is 11.5. The van der Waals surface area contributed by atoms with E-state index >= 15 is 0 Å². The number of hydrogen-bond donors (Lipinski definition) is 0. The number of methoxy groups -OCH3 is 2. The second-order valence-corrected chi connectivity index (χ2v) is 3.83. The Labute approximate surface area is 113 Å². The first kappa shape index (κ1) is 14.8. The molecule has 0 heterocycles. The van der Waals surface area contributed by atoms with Gasteiger partial charge in [-0.15, -0.1) is 0 Å². The molecule has 5 nitrogen and oxygen atoms in total. The van der Waals surface area contributed by atoms with Gasteiger partial charge >= 0.3 is 0 Å². The molecule has 0 radical (unpaired) electrons. The predicted molar refractivity (Wildman–Crippen MR) is 71.4 cm³/mol. The highest BCUT2D eigenvalue weighted by Gasteiger charge is 2.20. The molecule has 1 amide bonds. The average molecular weight is 262 g/mol. The van der Waals surface area contributed by atoms with Crippen LogP contribution in [0.3, 0.4) is 0 Å². The van der Waals surface area contributed by atoms with Crippen LogP contribution in [0.2, 0.25) is 0 Å². The van der Waals surface area contributed by atoms with Crippen LogP contribution >= 0.6 is 0 Å². The fraction of sp³-hybridized carbons (Fsp3) is 0.429. The Morgan fingerprint density at radius 1 is 1.37 bits per heavy atom. The minimum atomic E-state index is -0.159. The normalized spacial score (nSPS) is 9.58. The summed E-state index contributed by atoms with van der Waals surface area (Å²) in [6.45, 7) is 2.83. The summed E-state index contributed by atoms with van der Waals surface area (Å²) in [6, 6.07) is 7.21. The molecular formula is C14H18N2O3. The Hall–Kier alpha value is -2.22. The summed E-state index contributed by atoms with van der Waals surface area (Å²) in [5.74, 6) is 0.781. The van der Waals surface area contributed by atoms with Gasteiger partial charge in [0.25, 0.3) is 5.91 Å². The molecule has 102 valence electrons. The van der Waals surface area contributed by atoms with Crippen molar-refractivity contribution >= 4 is 5.91 Å². The van der Waals surface area contributed by atoms with Crippen LogP contribution in [-0.2, 0) is 0 Å². The summed E-state index contributed by atoms with van der Waals surface area (Å²) in [7, 11) is 3.03. The lowest BCUT2D eigenvalue weighted by Gasteiger charge is -2.21. The quantitative estimate of drug-likeness (QED) is 0.787. The van der Waals surface area contributed by atoms with Gasteiger partial charge in [-0.2, -0.15) is 5.26 Å². The van der Waals surface area contributed by atoms with E-state index in [-0.39, 0.29) is 5.91 Å². The summed E-state index contributed by atoms with van der Waals surface area (Å²) in [5.41, 5.74) is 0.446. The van der Waals surface area contributed by atoms with Gasteiger partial charge in [0, 0.05) is 13.1 Å². The van der Waals surface area contributed by atoms with E-state index in [0.29, 0.717) is 36.6 Å². The van der Waals surface area contributed by atoms with Crippen LogP contribution in [-0.4, -0.2) is 38.1 Å². The summed E-state index contributed by atoms with van der Waals surface area (Å²) in [6.07, 6.45) is 0.311. The van der Waals surface area contributed by atoms with Gasteiger partial charge in [0.05, 0.1) is 32.3 Å². The summed E-state index contributed by atoms with van der Waals surface area (Å²) < 4.78 is 10.4. The van der Waals surface area contributed by atoms with Crippen molar-refractivity contribution in [2.45, 2.75) is 13.3 Å². The molecule has 0 aliphatic heterocycles. The number of hydrogen-bond acceptors (Lipinski definition) is 4. The van der Waals surface area contributed by atoms with Gasteiger partial charge < -0.3 is 14.4 Å². The number of nitrogens with zero attached hydrogens (tertiary/aromatic N) is 2. The van der Waals surface area contributed by atoms with Crippen molar-refractivity contribution in [1.29, 1.82) is 5.26 Å². The highest BCUT2D eigenvalue weighted by atomic mass is 16.5. The van der Waals surface area contributed by atoms with E-state index < -0.39 is 0 Å². The van der Waals surface area contributed by atoms with E-state index in [0.717, 1.165) is 0 Å². The lowest BCUT2D eigenvalue weighted by atomic mass is 10.1. The van der Waals surface area contributed by atoms with Crippen LogP contribution in [0.15, 0.2) is 18.2 Å². The molecule has 1 rings (SSSR count). The number of para-hydroxylation sites is 1. The second-order valence-electron chi connectivity index (χ2n) is 3.83. The van der Waals surface area contributed by atoms with Crippen molar-refractivity contribution in [3.63, 3.8) is 0 Å². The number of amides is 1. The van der Waals surface area contributed by atoms with Crippen LogP contribution in [0, 0.1) is 11.3 Å². The lowest BCUT2D eigenvalue weighted by Crippen LogP contribution is -2.32. The molecule has 0 aliphatic carbocycles. The van der Waals surface area contributed by atoms with Gasteiger partial charge in [-0.25, -0.2) is 0 Å². The second kappa shape index (κ2) is 7.27. The topological polar surface area (TPSA) is 62.6 Å². The fourth-order valence-electron chi connectivity index (χ4n) is 1.81. The third-order valence-electron chi connectivity index (χ3n) is 2.80. The number of rotatable bonds is 6. The highest BCUT2D eigenvalue weighted by Crippen LogP contribution is 2.31. The van der Waals surface area contributed by atoms with Crippen molar-refractivity contribution in [2.75, 3.05) is 27.3 Å². The Kier molecular flexibility index (Phi) is 5.68. The molecule has 0 unspecified atom stereocenters. The number of ether oxygens (including phenoxy) is 2. The van der Waals surface area contributed by atoms with E-state index in [4.69, 9.17) is 14.7 Å². The molecule has 0 bridgehead atoms. The molecular weight excluding hydrogens is 244 g/mol. The lowest BCUT2D eigenvalue weighted by molar-refractivity contribution is 0.0763. The molecule has 0 aliphatic rings. The molecule has 0 spiro atoms. The summed E-state index contributed by atoms with van der Waals surface area (Å²) in [5, 5.41) is 8.61. The van der Waals surface area contributed by atoms with E-state index in [1.54, 1.807) is 23.1 Å². The van der Waals surface area contributed by atoms with Crippen LogP contribution in [0.5, 0.6) is 11.5 Å². The predicted octanol–water partition coefficient (Wildman–Crippen LogP) is 2.08. The Morgan fingerprint density at radius 2 is 2.11 bits per heavy atom. The minimum Gasteiger partial charge on any atom is -0.493 e. The standard InChI is InChI=1S/C14H18N2O3/c1-4-16(10-6-9-15)14(17)11-7-5-8-12(18-2)13(11)19-3/h5,7-8H,4,6,10H2,1-3H3. The number of carbonyl (C=O) groups is 1. The summed E-state index contributed by atoms with van der Waals surface area (Å²) in [4.78, 5) is 14.0. The molecule has 0 fully saturated rings. The van der Waals surface area contributed by atoms with Crippen molar-refractivity contribution in [1.82, 2.24) is 4.90 Å².